The van der Waals surface area contributed by atoms with Crippen molar-refractivity contribution in [3.05, 3.63) is 28.2 Å². The Bertz CT molecular complexity index is 415. The van der Waals surface area contributed by atoms with Gasteiger partial charge in [0.05, 0.1) is 6.61 Å². The number of hydrogen-bond donors (Lipinski definition) is 1. The highest BCUT2D eigenvalue weighted by Crippen LogP contribution is 2.36. The van der Waals surface area contributed by atoms with Crippen molar-refractivity contribution in [3.8, 4) is 5.75 Å². The van der Waals surface area contributed by atoms with Crippen LogP contribution in [0.4, 0.5) is 0 Å². The fraction of sp³-hybridized carbons (Fsp3) is 0.647. The van der Waals surface area contributed by atoms with Crippen LogP contribution in [-0.2, 0) is 0 Å². The molecule has 2 nitrogen and oxygen atoms in total. The number of hydrogen-bond acceptors (Lipinski definition) is 2. The smallest absolute Gasteiger partial charge is 0.120 e. The van der Waals surface area contributed by atoms with Gasteiger partial charge in [0, 0.05) is 10.5 Å². The molecule has 1 aromatic carbocycles. The molecular formula is C17H26BrNO. The summed E-state index contributed by atoms with van der Waals surface area (Å²) in [5.41, 5.74) is 1.36. The molecule has 1 aliphatic rings. The Balaban J connectivity index is 2.10. The maximum atomic E-state index is 5.56. The lowest BCUT2D eigenvalue weighted by Crippen LogP contribution is -2.23. The first-order valence-electron chi connectivity index (χ1n) is 7.90. The monoisotopic (exact) mass is 339 g/mol. The summed E-state index contributed by atoms with van der Waals surface area (Å²) in [6.07, 6.45) is 6.87. The maximum absolute atomic E-state index is 5.56. The molecule has 3 heteroatoms. The van der Waals surface area contributed by atoms with Crippen molar-refractivity contribution in [1.82, 2.24) is 5.32 Å². The van der Waals surface area contributed by atoms with Crippen LogP contribution in [0.2, 0.25) is 0 Å². The molecule has 1 saturated carbocycles. The zero-order valence-electron chi connectivity index (χ0n) is 12.6. The Morgan fingerprint density at radius 2 is 2.05 bits per heavy atom. The Labute approximate surface area is 131 Å². The second-order valence-corrected chi connectivity index (χ2v) is 6.47. The minimum Gasteiger partial charge on any atom is -0.494 e. The molecule has 20 heavy (non-hydrogen) atoms. The molecule has 1 fully saturated rings. The fourth-order valence-electron chi connectivity index (χ4n) is 3.19. The highest BCUT2D eigenvalue weighted by atomic mass is 79.9. The second-order valence-electron chi connectivity index (χ2n) is 5.61. The van der Waals surface area contributed by atoms with Gasteiger partial charge >= 0.3 is 0 Å². The molecule has 0 aromatic heterocycles. The van der Waals surface area contributed by atoms with Gasteiger partial charge in [0.1, 0.15) is 5.75 Å². The third-order valence-corrected chi connectivity index (χ3v) is 4.84. The molecule has 0 heterocycles. The predicted octanol–water partition coefficient (Wildman–Crippen LogP) is 5.08. The molecule has 0 amide bonds. The average molecular weight is 340 g/mol. The van der Waals surface area contributed by atoms with Crippen LogP contribution < -0.4 is 10.1 Å². The largest absolute Gasteiger partial charge is 0.494 e. The Morgan fingerprint density at radius 3 is 2.65 bits per heavy atom. The lowest BCUT2D eigenvalue weighted by atomic mass is 9.93. The molecule has 1 unspecified atom stereocenters. The SMILES string of the molecule is CCNC(CC1CCCC1)c1ccc(OCC)cc1Br. The molecule has 2 rings (SSSR count). The molecule has 0 radical (unpaired) electrons. The molecule has 0 aliphatic heterocycles. The van der Waals surface area contributed by atoms with Crippen LogP contribution in [-0.4, -0.2) is 13.2 Å². The lowest BCUT2D eigenvalue weighted by Gasteiger charge is -2.23. The van der Waals surface area contributed by atoms with Gasteiger partial charge in [0.15, 0.2) is 0 Å². The molecular weight excluding hydrogens is 314 g/mol. The highest BCUT2D eigenvalue weighted by Gasteiger charge is 2.22. The molecule has 1 aromatic rings. The van der Waals surface area contributed by atoms with Gasteiger partial charge in [-0.05, 0) is 43.5 Å². The number of nitrogens with one attached hydrogen (secondary N) is 1. The van der Waals surface area contributed by atoms with Crippen molar-refractivity contribution >= 4 is 15.9 Å². The number of benzene rings is 1. The van der Waals surface area contributed by atoms with Crippen molar-refractivity contribution in [2.45, 2.75) is 52.0 Å². The summed E-state index contributed by atoms with van der Waals surface area (Å²) in [7, 11) is 0. The number of halogens is 1. The summed E-state index contributed by atoms with van der Waals surface area (Å²) in [5.74, 6) is 1.83. The first-order chi connectivity index (χ1) is 9.74. The molecule has 0 bridgehead atoms. The van der Waals surface area contributed by atoms with E-state index in [1.54, 1.807) is 0 Å². The summed E-state index contributed by atoms with van der Waals surface area (Å²) >= 11 is 3.72. The Kier molecular flexibility index (Phi) is 6.37. The number of rotatable bonds is 7. The Morgan fingerprint density at radius 1 is 1.30 bits per heavy atom. The van der Waals surface area contributed by atoms with Gasteiger partial charge in [-0.3, -0.25) is 0 Å². The molecule has 112 valence electrons. The summed E-state index contributed by atoms with van der Waals surface area (Å²) in [6, 6.07) is 6.84. The van der Waals surface area contributed by atoms with Gasteiger partial charge in [-0.2, -0.15) is 0 Å². The van der Waals surface area contributed by atoms with E-state index in [9.17, 15) is 0 Å². The van der Waals surface area contributed by atoms with Gasteiger partial charge < -0.3 is 10.1 Å². The van der Waals surface area contributed by atoms with E-state index in [2.05, 4.69) is 46.4 Å². The highest BCUT2D eigenvalue weighted by molar-refractivity contribution is 9.10. The number of ether oxygens (including phenoxy) is 1. The van der Waals surface area contributed by atoms with Gasteiger partial charge in [0.25, 0.3) is 0 Å². The molecule has 1 N–H and O–H groups in total. The Hall–Kier alpha value is -0.540. The van der Waals surface area contributed by atoms with E-state index < -0.39 is 0 Å². The zero-order valence-corrected chi connectivity index (χ0v) is 14.2. The minimum atomic E-state index is 0.452. The standard InChI is InChI=1S/C17H26BrNO/c1-3-19-17(11-13-7-5-6-8-13)15-10-9-14(20-4-2)12-16(15)18/h9-10,12-13,17,19H,3-8,11H2,1-2H3. The van der Waals surface area contributed by atoms with Crippen molar-refractivity contribution < 1.29 is 4.74 Å². The maximum Gasteiger partial charge on any atom is 0.120 e. The third kappa shape index (κ3) is 4.23. The quantitative estimate of drug-likeness (QED) is 0.747. The van der Waals surface area contributed by atoms with E-state index in [4.69, 9.17) is 4.74 Å². The normalized spacial score (nSPS) is 17.4. The van der Waals surface area contributed by atoms with E-state index in [0.717, 1.165) is 22.7 Å². The first-order valence-corrected chi connectivity index (χ1v) is 8.69. The van der Waals surface area contributed by atoms with Crippen LogP contribution in [0.1, 0.15) is 57.6 Å². The lowest BCUT2D eigenvalue weighted by molar-refractivity contribution is 0.339. The van der Waals surface area contributed by atoms with Gasteiger partial charge in [-0.1, -0.05) is 54.6 Å². The van der Waals surface area contributed by atoms with E-state index >= 15 is 0 Å². The van der Waals surface area contributed by atoms with Crippen molar-refractivity contribution in [3.63, 3.8) is 0 Å². The summed E-state index contributed by atoms with van der Waals surface area (Å²) < 4.78 is 6.72. The van der Waals surface area contributed by atoms with Crippen LogP contribution in [0.25, 0.3) is 0 Å². The van der Waals surface area contributed by atoms with Crippen LogP contribution >= 0.6 is 15.9 Å². The molecule has 0 spiro atoms. The topological polar surface area (TPSA) is 21.3 Å². The summed E-state index contributed by atoms with van der Waals surface area (Å²) in [5, 5.41) is 3.65. The summed E-state index contributed by atoms with van der Waals surface area (Å²) in [6.45, 7) is 5.93. The molecule has 0 saturated heterocycles. The zero-order chi connectivity index (χ0) is 14.4. The van der Waals surface area contributed by atoms with E-state index in [1.165, 1.54) is 37.7 Å². The van der Waals surface area contributed by atoms with Crippen LogP contribution in [0.3, 0.4) is 0 Å². The van der Waals surface area contributed by atoms with Crippen molar-refractivity contribution in [2.24, 2.45) is 5.92 Å². The van der Waals surface area contributed by atoms with Gasteiger partial charge in [-0.15, -0.1) is 0 Å². The van der Waals surface area contributed by atoms with Gasteiger partial charge in [-0.25, -0.2) is 0 Å². The van der Waals surface area contributed by atoms with E-state index in [0.29, 0.717) is 12.6 Å². The van der Waals surface area contributed by atoms with Crippen LogP contribution in [0, 0.1) is 5.92 Å². The van der Waals surface area contributed by atoms with E-state index in [1.807, 2.05) is 6.92 Å². The average Bonchev–Trinajstić information content (AvgIpc) is 2.92. The van der Waals surface area contributed by atoms with Crippen LogP contribution in [0.15, 0.2) is 22.7 Å². The fourth-order valence-corrected chi connectivity index (χ4v) is 3.83. The molecule has 1 atom stereocenters. The van der Waals surface area contributed by atoms with Crippen LogP contribution in [0.5, 0.6) is 5.75 Å². The molecule has 1 aliphatic carbocycles. The van der Waals surface area contributed by atoms with Crippen molar-refractivity contribution in [2.75, 3.05) is 13.2 Å². The summed E-state index contributed by atoms with van der Waals surface area (Å²) in [4.78, 5) is 0. The van der Waals surface area contributed by atoms with E-state index in [-0.39, 0.29) is 0 Å². The van der Waals surface area contributed by atoms with Gasteiger partial charge in [0.2, 0.25) is 0 Å². The van der Waals surface area contributed by atoms with Crippen molar-refractivity contribution in [1.29, 1.82) is 0 Å². The second kappa shape index (κ2) is 8.04. The first kappa shape index (κ1) is 15.8. The predicted molar refractivity (Wildman–Crippen MR) is 88.3 cm³/mol. The minimum absolute atomic E-state index is 0.452. The third-order valence-electron chi connectivity index (χ3n) is 4.15.